The van der Waals surface area contributed by atoms with E-state index in [4.69, 9.17) is 15.2 Å². The predicted octanol–water partition coefficient (Wildman–Crippen LogP) is 4.11. The highest BCUT2D eigenvalue weighted by Gasteiger charge is 2.08. The van der Waals surface area contributed by atoms with Crippen LogP contribution in [0.3, 0.4) is 0 Å². The van der Waals surface area contributed by atoms with Crippen LogP contribution < -0.4 is 10.5 Å². The van der Waals surface area contributed by atoms with E-state index in [0.717, 1.165) is 5.56 Å². The van der Waals surface area contributed by atoms with Gasteiger partial charge in [-0.1, -0.05) is 12.1 Å². The van der Waals surface area contributed by atoms with Crippen molar-refractivity contribution in [2.75, 3.05) is 12.8 Å². The molecule has 0 atom stereocenters. The molecule has 0 aliphatic rings. The number of halogens is 2. The molecular weight excluding hydrogens is 313 g/mol. The maximum absolute atomic E-state index is 13.5. The number of nitrogen functional groups attached to an aromatic ring is 1. The maximum atomic E-state index is 13.5. The number of anilines is 1. The van der Waals surface area contributed by atoms with Crippen molar-refractivity contribution in [3.8, 4) is 11.5 Å². The summed E-state index contributed by atoms with van der Waals surface area (Å²) in [6.45, 7) is 0.487. The SMILES string of the molecule is COCc1cccc(Oc2cc(F)c(Br)cc2N)c1. The van der Waals surface area contributed by atoms with Crippen LogP contribution in [-0.2, 0) is 11.3 Å². The van der Waals surface area contributed by atoms with Crippen molar-refractivity contribution in [2.45, 2.75) is 6.61 Å². The molecule has 0 spiro atoms. The van der Waals surface area contributed by atoms with E-state index >= 15 is 0 Å². The smallest absolute Gasteiger partial charge is 0.153 e. The Morgan fingerprint density at radius 3 is 2.79 bits per heavy atom. The number of hydrogen-bond donors (Lipinski definition) is 1. The van der Waals surface area contributed by atoms with E-state index in [9.17, 15) is 4.39 Å². The number of rotatable bonds is 4. The van der Waals surface area contributed by atoms with Crippen molar-refractivity contribution in [1.29, 1.82) is 0 Å². The molecule has 0 amide bonds. The van der Waals surface area contributed by atoms with Crippen LogP contribution in [0.15, 0.2) is 40.9 Å². The minimum atomic E-state index is -0.419. The van der Waals surface area contributed by atoms with Crippen molar-refractivity contribution < 1.29 is 13.9 Å². The van der Waals surface area contributed by atoms with Crippen LogP contribution in [-0.4, -0.2) is 7.11 Å². The van der Waals surface area contributed by atoms with Crippen molar-refractivity contribution in [3.63, 3.8) is 0 Å². The molecule has 0 fully saturated rings. The molecule has 3 nitrogen and oxygen atoms in total. The average molecular weight is 326 g/mol. The zero-order valence-electron chi connectivity index (χ0n) is 10.3. The van der Waals surface area contributed by atoms with Crippen LogP contribution in [0.1, 0.15) is 5.56 Å². The zero-order chi connectivity index (χ0) is 13.8. The Bertz CT molecular complexity index is 590. The molecule has 100 valence electrons. The van der Waals surface area contributed by atoms with Gasteiger partial charge in [-0.25, -0.2) is 4.39 Å². The molecule has 0 saturated carbocycles. The lowest BCUT2D eigenvalue weighted by atomic mass is 10.2. The summed E-state index contributed by atoms with van der Waals surface area (Å²) in [5, 5.41) is 0. The van der Waals surface area contributed by atoms with Gasteiger partial charge in [0.2, 0.25) is 0 Å². The quantitative estimate of drug-likeness (QED) is 0.860. The second-order valence-corrected chi connectivity index (χ2v) is 4.84. The fourth-order valence-electron chi connectivity index (χ4n) is 1.62. The van der Waals surface area contributed by atoms with E-state index in [0.29, 0.717) is 22.5 Å². The summed E-state index contributed by atoms with van der Waals surface area (Å²) < 4.78 is 24.4. The van der Waals surface area contributed by atoms with E-state index in [1.807, 2.05) is 18.2 Å². The van der Waals surface area contributed by atoms with Gasteiger partial charge >= 0.3 is 0 Å². The molecule has 2 rings (SSSR count). The van der Waals surface area contributed by atoms with Gasteiger partial charge in [-0.2, -0.15) is 0 Å². The number of methoxy groups -OCH3 is 1. The second-order valence-electron chi connectivity index (χ2n) is 3.99. The molecule has 0 unspecified atom stereocenters. The molecule has 0 aliphatic heterocycles. The van der Waals surface area contributed by atoms with Crippen molar-refractivity contribution in [1.82, 2.24) is 0 Å². The van der Waals surface area contributed by atoms with Crippen LogP contribution in [0.25, 0.3) is 0 Å². The normalized spacial score (nSPS) is 10.5. The Balaban J connectivity index is 2.25. The topological polar surface area (TPSA) is 44.5 Å². The standard InChI is InChI=1S/C14H13BrFNO2/c1-18-8-9-3-2-4-10(5-9)19-14-7-12(16)11(15)6-13(14)17/h2-7H,8,17H2,1H3. The van der Waals surface area contributed by atoms with Gasteiger partial charge in [-0.3, -0.25) is 0 Å². The number of benzene rings is 2. The summed E-state index contributed by atoms with van der Waals surface area (Å²) in [7, 11) is 1.62. The van der Waals surface area contributed by atoms with E-state index in [2.05, 4.69) is 15.9 Å². The Kier molecular flexibility index (Phi) is 4.39. The third-order valence-electron chi connectivity index (χ3n) is 2.49. The van der Waals surface area contributed by atoms with Crippen LogP contribution in [0, 0.1) is 5.82 Å². The fraction of sp³-hybridized carbons (Fsp3) is 0.143. The van der Waals surface area contributed by atoms with Crippen LogP contribution in [0.4, 0.5) is 10.1 Å². The van der Waals surface area contributed by atoms with Gasteiger partial charge in [-0.15, -0.1) is 0 Å². The first kappa shape index (κ1) is 13.8. The molecule has 5 heteroatoms. The molecule has 0 radical (unpaired) electrons. The van der Waals surface area contributed by atoms with Gasteiger partial charge in [-0.05, 0) is 39.7 Å². The first-order valence-electron chi connectivity index (χ1n) is 5.60. The van der Waals surface area contributed by atoms with E-state index in [1.165, 1.54) is 12.1 Å². The summed E-state index contributed by atoms with van der Waals surface area (Å²) >= 11 is 3.07. The summed E-state index contributed by atoms with van der Waals surface area (Å²) in [4.78, 5) is 0. The minimum absolute atomic E-state index is 0.287. The maximum Gasteiger partial charge on any atom is 0.153 e. The minimum Gasteiger partial charge on any atom is -0.455 e. The van der Waals surface area contributed by atoms with Gasteiger partial charge in [0.25, 0.3) is 0 Å². The summed E-state index contributed by atoms with van der Waals surface area (Å²) in [6, 6.07) is 10.1. The summed E-state index contributed by atoms with van der Waals surface area (Å²) in [5.41, 5.74) is 7.12. The summed E-state index contributed by atoms with van der Waals surface area (Å²) in [6.07, 6.45) is 0. The highest BCUT2D eigenvalue weighted by molar-refractivity contribution is 9.10. The van der Waals surface area contributed by atoms with Crippen molar-refractivity contribution >= 4 is 21.6 Å². The molecule has 2 aromatic carbocycles. The van der Waals surface area contributed by atoms with Gasteiger partial charge in [0.15, 0.2) is 5.75 Å². The Morgan fingerprint density at radius 2 is 2.05 bits per heavy atom. The van der Waals surface area contributed by atoms with Crippen LogP contribution >= 0.6 is 15.9 Å². The number of ether oxygens (including phenoxy) is 2. The molecule has 0 saturated heterocycles. The van der Waals surface area contributed by atoms with Gasteiger partial charge < -0.3 is 15.2 Å². The lowest BCUT2D eigenvalue weighted by Crippen LogP contribution is -1.95. The third-order valence-corrected chi connectivity index (χ3v) is 3.10. The number of nitrogens with two attached hydrogens (primary N) is 1. The largest absolute Gasteiger partial charge is 0.455 e. The van der Waals surface area contributed by atoms with Crippen molar-refractivity contribution in [2.24, 2.45) is 0 Å². The monoisotopic (exact) mass is 325 g/mol. The third kappa shape index (κ3) is 3.45. The average Bonchev–Trinajstić information content (AvgIpc) is 2.37. The molecule has 0 aromatic heterocycles. The molecule has 0 heterocycles. The molecule has 2 N–H and O–H groups in total. The fourth-order valence-corrected chi connectivity index (χ4v) is 1.99. The van der Waals surface area contributed by atoms with Crippen LogP contribution in [0.5, 0.6) is 11.5 Å². The molecular formula is C14H13BrFNO2. The highest BCUT2D eigenvalue weighted by Crippen LogP contribution is 2.32. The number of hydrogen-bond acceptors (Lipinski definition) is 3. The van der Waals surface area contributed by atoms with E-state index < -0.39 is 5.82 Å². The predicted molar refractivity (Wildman–Crippen MR) is 75.7 cm³/mol. The van der Waals surface area contributed by atoms with Gasteiger partial charge in [0.05, 0.1) is 16.8 Å². The lowest BCUT2D eigenvalue weighted by molar-refractivity contribution is 0.184. The first-order valence-corrected chi connectivity index (χ1v) is 6.39. The second kappa shape index (κ2) is 6.04. The Labute approximate surface area is 119 Å². The van der Waals surface area contributed by atoms with Gasteiger partial charge in [0.1, 0.15) is 11.6 Å². The Hall–Kier alpha value is -1.59. The molecule has 0 bridgehead atoms. The zero-order valence-corrected chi connectivity index (χ0v) is 11.9. The van der Waals surface area contributed by atoms with Crippen molar-refractivity contribution in [3.05, 3.63) is 52.3 Å². The van der Waals surface area contributed by atoms with E-state index in [1.54, 1.807) is 13.2 Å². The molecule has 19 heavy (non-hydrogen) atoms. The Morgan fingerprint density at radius 1 is 1.26 bits per heavy atom. The van der Waals surface area contributed by atoms with Gasteiger partial charge in [0, 0.05) is 13.2 Å². The molecule has 2 aromatic rings. The lowest BCUT2D eigenvalue weighted by Gasteiger charge is -2.10. The first-order chi connectivity index (χ1) is 9.10. The molecule has 0 aliphatic carbocycles. The summed E-state index contributed by atoms with van der Waals surface area (Å²) in [5.74, 6) is 0.454. The highest BCUT2D eigenvalue weighted by atomic mass is 79.9. The van der Waals surface area contributed by atoms with E-state index in [-0.39, 0.29) is 5.75 Å². The van der Waals surface area contributed by atoms with Crippen LogP contribution in [0.2, 0.25) is 0 Å².